The van der Waals surface area contributed by atoms with E-state index >= 15 is 0 Å². The average molecular weight is 323 g/mol. The van der Waals surface area contributed by atoms with Crippen LogP contribution in [0.3, 0.4) is 0 Å². The van der Waals surface area contributed by atoms with Gasteiger partial charge in [0.15, 0.2) is 0 Å². The van der Waals surface area contributed by atoms with Crippen LogP contribution in [-0.4, -0.2) is 32.2 Å². The second kappa shape index (κ2) is 13.8. The van der Waals surface area contributed by atoms with Crippen molar-refractivity contribution in [2.75, 3.05) is 5.75 Å². The molecule has 0 spiro atoms. The van der Waals surface area contributed by atoms with Crippen molar-refractivity contribution in [3.05, 3.63) is 0 Å². The molecule has 0 aliphatic carbocycles. The summed E-state index contributed by atoms with van der Waals surface area (Å²) in [7, 11) is 0.856. The summed E-state index contributed by atoms with van der Waals surface area (Å²) in [6.07, 6.45) is 9.60. The van der Waals surface area contributed by atoms with Crippen LogP contribution in [0.25, 0.3) is 0 Å². The minimum atomic E-state index is 0.392. The Morgan fingerprint density at radius 1 is 1.05 bits per heavy atom. The van der Waals surface area contributed by atoms with Crippen LogP contribution in [0.2, 0.25) is 0 Å². The third kappa shape index (κ3) is 12.3. The van der Waals surface area contributed by atoms with Crippen LogP contribution >= 0.6 is 23.5 Å². The molecule has 0 fully saturated rings. The molecule has 0 saturated heterocycles. The van der Waals surface area contributed by atoms with Gasteiger partial charge in [0.2, 0.25) is 0 Å². The highest BCUT2D eigenvalue weighted by molar-refractivity contribution is 8.01. The van der Waals surface area contributed by atoms with Gasteiger partial charge in [-0.05, 0) is 31.9 Å². The molecule has 1 nitrogen and oxygen atoms in total. The van der Waals surface area contributed by atoms with E-state index in [4.69, 9.17) is 4.43 Å². The zero-order valence-electron chi connectivity index (χ0n) is 13.6. The van der Waals surface area contributed by atoms with Crippen LogP contribution in [-0.2, 0) is 4.43 Å². The predicted molar refractivity (Wildman–Crippen MR) is 97.5 cm³/mol. The first-order chi connectivity index (χ1) is 9.13. The largest absolute Gasteiger partial charge is 0.417 e. The van der Waals surface area contributed by atoms with E-state index in [2.05, 4.69) is 39.5 Å². The summed E-state index contributed by atoms with van der Waals surface area (Å²) in [6, 6.07) is 0. The maximum absolute atomic E-state index is 5.50. The molecule has 0 radical (unpaired) electrons. The fourth-order valence-corrected chi connectivity index (χ4v) is 4.92. The molecule has 0 heterocycles. The first-order valence-electron chi connectivity index (χ1n) is 7.93. The molecule has 3 atom stereocenters. The van der Waals surface area contributed by atoms with E-state index in [0.717, 1.165) is 21.0 Å². The summed E-state index contributed by atoms with van der Waals surface area (Å²) >= 11 is 4.19. The van der Waals surface area contributed by atoms with Crippen molar-refractivity contribution in [2.45, 2.75) is 88.6 Å². The molecular formula is C15H34OS2Si. The highest BCUT2D eigenvalue weighted by Crippen LogP contribution is 2.28. The van der Waals surface area contributed by atoms with Crippen molar-refractivity contribution in [3.63, 3.8) is 0 Å². The Labute approximate surface area is 133 Å². The minimum absolute atomic E-state index is 0.392. The summed E-state index contributed by atoms with van der Waals surface area (Å²) in [4.78, 5) is 0. The van der Waals surface area contributed by atoms with Gasteiger partial charge in [0.05, 0.1) is 5.44 Å². The Balaban J connectivity index is 3.61. The van der Waals surface area contributed by atoms with Gasteiger partial charge in [0, 0.05) is 10.5 Å². The second-order valence-corrected chi connectivity index (χ2v) is 8.92. The molecule has 0 bridgehead atoms. The van der Waals surface area contributed by atoms with Gasteiger partial charge in [-0.25, -0.2) is 0 Å². The van der Waals surface area contributed by atoms with E-state index in [1.54, 1.807) is 0 Å². The number of hydrogen-bond donors (Lipinski definition) is 0. The van der Waals surface area contributed by atoms with E-state index in [1.165, 1.54) is 50.7 Å². The van der Waals surface area contributed by atoms with Crippen molar-refractivity contribution >= 4 is 34.0 Å². The van der Waals surface area contributed by atoms with Gasteiger partial charge in [-0.2, -0.15) is 11.8 Å². The minimum Gasteiger partial charge on any atom is -0.417 e. The number of hydrogen-bond acceptors (Lipinski definition) is 3. The lowest BCUT2D eigenvalue weighted by Crippen LogP contribution is -2.14. The molecule has 116 valence electrons. The SMILES string of the molecule is CCCCCCCSC(C)CC(CC)SC(C)O[SiH3]. The van der Waals surface area contributed by atoms with Crippen molar-refractivity contribution < 1.29 is 4.43 Å². The maximum atomic E-state index is 5.50. The monoisotopic (exact) mass is 322 g/mol. The average Bonchev–Trinajstić information content (AvgIpc) is 2.41. The lowest BCUT2D eigenvalue weighted by atomic mass is 10.2. The van der Waals surface area contributed by atoms with E-state index in [1.807, 2.05) is 11.8 Å². The number of unbranched alkanes of at least 4 members (excludes halogenated alkanes) is 4. The molecule has 0 N–H and O–H groups in total. The van der Waals surface area contributed by atoms with Gasteiger partial charge >= 0.3 is 0 Å². The lowest BCUT2D eigenvalue weighted by Gasteiger charge is -2.22. The quantitative estimate of drug-likeness (QED) is 0.278. The zero-order valence-corrected chi connectivity index (χ0v) is 17.2. The molecule has 4 heteroatoms. The number of rotatable bonds is 13. The first-order valence-corrected chi connectivity index (χ1v) is 10.7. The van der Waals surface area contributed by atoms with Gasteiger partial charge in [0.25, 0.3) is 0 Å². The molecule has 0 aromatic heterocycles. The highest BCUT2D eigenvalue weighted by Gasteiger charge is 2.15. The van der Waals surface area contributed by atoms with Crippen LogP contribution in [0.15, 0.2) is 0 Å². The van der Waals surface area contributed by atoms with Crippen molar-refractivity contribution in [2.24, 2.45) is 0 Å². The Hall–Kier alpha value is 0.877. The van der Waals surface area contributed by atoms with Crippen LogP contribution in [0, 0.1) is 0 Å². The topological polar surface area (TPSA) is 9.23 Å². The van der Waals surface area contributed by atoms with Crippen molar-refractivity contribution in [3.8, 4) is 0 Å². The molecule has 19 heavy (non-hydrogen) atoms. The second-order valence-electron chi connectivity index (χ2n) is 5.30. The van der Waals surface area contributed by atoms with E-state index in [0.29, 0.717) is 5.44 Å². The van der Waals surface area contributed by atoms with Crippen LogP contribution in [0.4, 0.5) is 0 Å². The van der Waals surface area contributed by atoms with Crippen molar-refractivity contribution in [1.29, 1.82) is 0 Å². The third-order valence-corrected chi connectivity index (χ3v) is 7.24. The van der Waals surface area contributed by atoms with E-state index < -0.39 is 0 Å². The first kappa shape index (κ1) is 19.9. The third-order valence-electron chi connectivity index (χ3n) is 3.42. The van der Waals surface area contributed by atoms with Gasteiger partial charge in [0.1, 0.15) is 10.5 Å². The molecule has 0 rings (SSSR count). The molecule has 0 aliphatic rings. The van der Waals surface area contributed by atoms with Crippen molar-refractivity contribution in [1.82, 2.24) is 0 Å². The Morgan fingerprint density at radius 3 is 2.32 bits per heavy atom. The highest BCUT2D eigenvalue weighted by atomic mass is 32.2. The summed E-state index contributed by atoms with van der Waals surface area (Å²) in [5.41, 5.74) is 0.392. The maximum Gasteiger partial charge on any atom is 0.147 e. The Morgan fingerprint density at radius 2 is 1.74 bits per heavy atom. The van der Waals surface area contributed by atoms with Crippen LogP contribution in [0.1, 0.15) is 72.6 Å². The molecule has 0 aliphatic heterocycles. The summed E-state index contributed by atoms with van der Waals surface area (Å²) < 4.78 is 5.50. The van der Waals surface area contributed by atoms with Crippen LogP contribution in [0.5, 0.6) is 0 Å². The molecular weight excluding hydrogens is 288 g/mol. The Kier molecular flexibility index (Phi) is 14.5. The smallest absolute Gasteiger partial charge is 0.147 e. The molecule has 0 aromatic rings. The van der Waals surface area contributed by atoms with Crippen LogP contribution < -0.4 is 0 Å². The van der Waals surface area contributed by atoms with E-state index in [9.17, 15) is 0 Å². The normalized spacial score (nSPS) is 16.4. The number of thioether (sulfide) groups is 2. The molecule has 0 saturated carbocycles. The molecule has 0 amide bonds. The van der Waals surface area contributed by atoms with Gasteiger partial charge in [-0.3, -0.25) is 0 Å². The van der Waals surface area contributed by atoms with Gasteiger partial charge in [-0.15, -0.1) is 11.8 Å². The fraction of sp³-hybridized carbons (Fsp3) is 1.00. The van der Waals surface area contributed by atoms with E-state index in [-0.39, 0.29) is 0 Å². The lowest BCUT2D eigenvalue weighted by molar-refractivity contribution is 0.338. The molecule has 3 unspecified atom stereocenters. The fourth-order valence-electron chi connectivity index (χ4n) is 2.07. The predicted octanol–water partition coefficient (Wildman–Crippen LogP) is 4.62. The standard InChI is InChI=1S/C15H34OS2Si/c1-5-7-8-9-10-11-17-13(3)12-15(6-2)18-14(4)16-19/h13-15H,5-12H2,1-4,19H3. The summed E-state index contributed by atoms with van der Waals surface area (Å²) in [5.74, 6) is 1.35. The summed E-state index contributed by atoms with van der Waals surface area (Å²) in [6.45, 7) is 9.17. The van der Waals surface area contributed by atoms with Gasteiger partial charge in [-0.1, -0.05) is 46.5 Å². The molecule has 0 aromatic carbocycles. The summed E-state index contributed by atoms with van der Waals surface area (Å²) in [5, 5.41) is 1.57. The Bertz CT molecular complexity index is 193. The zero-order chi connectivity index (χ0) is 14.5. The van der Waals surface area contributed by atoms with Gasteiger partial charge < -0.3 is 4.43 Å².